The number of nitrogens with one attached hydrogen (secondary N) is 1. The Bertz CT molecular complexity index is 380. The van der Waals surface area contributed by atoms with E-state index in [0.29, 0.717) is 12.1 Å². The minimum Gasteiger partial charge on any atom is -0.380 e. The monoisotopic (exact) mass is 309 g/mol. The van der Waals surface area contributed by atoms with E-state index in [-0.39, 0.29) is 0 Å². The van der Waals surface area contributed by atoms with Gasteiger partial charge in [0.15, 0.2) is 0 Å². The molecule has 1 atom stereocenters. The molecule has 18 heavy (non-hydrogen) atoms. The Morgan fingerprint density at radius 1 is 1.11 bits per heavy atom. The van der Waals surface area contributed by atoms with Crippen LogP contribution in [0.5, 0.6) is 0 Å². The summed E-state index contributed by atoms with van der Waals surface area (Å²) in [5.74, 6) is 0.750. The summed E-state index contributed by atoms with van der Waals surface area (Å²) in [7, 11) is 0. The van der Waals surface area contributed by atoms with E-state index in [2.05, 4.69) is 45.5 Å². The van der Waals surface area contributed by atoms with Gasteiger partial charge in [0.25, 0.3) is 0 Å². The van der Waals surface area contributed by atoms with Crippen molar-refractivity contribution in [3.8, 4) is 0 Å². The Hall–Kier alpha value is -0.380. The van der Waals surface area contributed by atoms with Gasteiger partial charge in [0.1, 0.15) is 0 Å². The third kappa shape index (κ3) is 2.95. The third-order valence-electron chi connectivity index (χ3n) is 4.11. The summed E-state index contributed by atoms with van der Waals surface area (Å²) < 4.78 is 6.67. The molecule has 1 aliphatic carbocycles. The Morgan fingerprint density at radius 3 is 2.56 bits per heavy atom. The van der Waals surface area contributed by atoms with E-state index in [1.807, 2.05) is 0 Å². The predicted molar refractivity (Wildman–Crippen MR) is 76.9 cm³/mol. The average molecular weight is 310 g/mol. The summed E-state index contributed by atoms with van der Waals surface area (Å²) in [6, 6.07) is 10.1. The maximum Gasteiger partial charge on any atom is 0.0619 e. The number of benzene rings is 1. The van der Waals surface area contributed by atoms with Gasteiger partial charge in [-0.15, -0.1) is 0 Å². The Labute approximate surface area is 117 Å². The largest absolute Gasteiger partial charge is 0.380 e. The molecule has 1 aliphatic heterocycles. The minimum atomic E-state index is 0.592. The fourth-order valence-electron chi connectivity index (χ4n) is 2.97. The first kappa shape index (κ1) is 12.6. The molecule has 3 heteroatoms. The lowest BCUT2D eigenvalue weighted by atomic mass is 9.75. The van der Waals surface area contributed by atoms with Crippen LogP contribution >= 0.6 is 15.9 Å². The normalized spacial score (nSPS) is 31.9. The fourth-order valence-corrected chi connectivity index (χ4v) is 3.23. The van der Waals surface area contributed by atoms with E-state index in [9.17, 15) is 0 Å². The smallest absolute Gasteiger partial charge is 0.0619 e. The molecule has 0 radical (unpaired) electrons. The van der Waals surface area contributed by atoms with E-state index >= 15 is 0 Å². The third-order valence-corrected chi connectivity index (χ3v) is 4.64. The van der Waals surface area contributed by atoms with Gasteiger partial charge in [-0.3, -0.25) is 0 Å². The van der Waals surface area contributed by atoms with Crippen molar-refractivity contribution in [3.63, 3.8) is 0 Å². The van der Waals surface area contributed by atoms with Gasteiger partial charge in [-0.2, -0.15) is 0 Å². The zero-order valence-corrected chi connectivity index (χ0v) is 12.2. The highest BCUT2D eigenvalue weighted by atomic mass is 79.9. The zero-order chi connectivity index (χ0) is 12.4. The molecule has 2 fully saturated rings. The highest BCUT2D eigenvalue weighted by Crippen LogP contribution is 2.37. The van der Waals surface area contributed by atoms with Crippen LogP contribution in [0.2, 0.25) is 0 Å². The van der Waals surface area contributed by atoms with Crippen LogP contribution in [0.3, 0.4) is 0 Å². The number of rotatable bonds is 3. The predicted octanol–water partition coefficient (Wildman–Crippen LogP) is 3.46. The summed E-state index contributed by atoms with van der Waals surface area (Å²) in [5.41, 5.74) is 1.48. The van der Waals surface area contributed by atoms with Gasteiger partial charge in [-0.1, -0.05) is 28.1 Å². The van der Waals surface area contributed by atoms with Crippen LogP contribution in [0.25, 0.3) is 0 Å². The van der Waals surface area contributed by atoms with Crippen LogP contribution < -0.4 is 5.32 Å². The molecule has 1 saturated heterocycles. The minimum absolute atomic E-state index is 0.592. The molecule has 2 nitrogen and oxygen atoms in total. The fraction of sp³-hybridized carbons (Fsp3) is 0.600. The molecular weight excluding hydrogens is 290 g/mol. The summed E-state index contributed by atoms with van der Waals surface area (Å²) in [4.78, 5) is 0. The van der Waals surface area contributed by atoms with Gasteiger partial charge in [-0.05, 0) is 49.3 Å². The molecule has 0 aromatic heterocycles. The first-order chi connectivity index (χ1) is 8.81. The zero-order valence-electron chi connectivity index (χ0n) is 10.6. The maximum atomic E-state index is 5.51. The molecule has 1 N–H and O–H groups in total. The van der Waals surface area contributed by atoms with E-state index in [1.165, 1.54) is 35.7 Å². The van der Waals surface area contributed by atoms with Crippen molar-refractivity contribution >= 4 is 15.9 Å². The lowest BCUT2D eigenvalue weighted by molar-refractivity contribution is 0.0600. The molecule has 0 spiro atoms. The van der Waals surface area contributed by atoms with Crippen molar-refractivity contribution in [3.05, 3.63) is 34.3 Å². The molecule has 1 unspecified atom stereocenters. The summed E-state index contributed by atoms with van der Waals surface area (Å²) in [5, 5.41) is 3.73. The molecule has 2 aliphatic rings. The number of hydrogen-bond acceptors (Lipinski definition) is 2. The molecule has 1 aromatic rings. The Morgan fingerprint density at radius 2 is 1.89 bits per heavy atom. The molecular formula is C15H20BrNO. The Balaban J connectivity index is 1.46. The number of ether oxygens (including phenoxy) is 1. The van der Waals surface area contributed by atoms with Crippen LogP contribution in [0, 0.1) is 0 Å². The van der Waals surface area contributed by atoms with Gasteiger partial charge < -0.3 is 10.1 Å². The Kier molecular flexibility index (Phi) is 4.02. The van der Waals surface area contributed by atoms with E-state index in [4.69, 9.17) is 4.74 Å². The summed E-state index contributed by atoms with van der Waals surface area (Å²) in [6.45, 7) is 1.85. The lowest BCUT2D eigenvalue weighted by Gasteiger charge is -2.39. The molecule has 1 aromatic carbocycles. The first-order valence-electron chi connectivity index (χ1n) is 6.90. The summed E-state index contributed by atoms with van der Waals surface area (Å²) in [6.07, 6.45) is 5.04. The molecule has 0 amide bonds. The van der Waals surface area contributed by atoms with E-state index in [1.54, 1.807) is 0 Å². The second-order valence-electron chi connectivity index (χ2n) is 5.50. The van der Waals surface area contributed by atoms with Crippen molar-refractivity contribution < 1.29 is 4.74 Å². The van der Waals surface area contributed by atoms with Crippen LogP contribution in [-0.2, 0) is 4.74 Å². The van der Waals surface area contributed by atoms with E-state index < -0.39 is 0 Å². The highest BCUT2D eigenvalue weighted by Gasteiger charge is 2.31. The van der Waals surface area contributed by atoms with Crippen molar-refractivity contribution in [2.24, 2.45) is 0 Å². The van der Waals surface area contributed by atoms with Gasteiger partial charge >= 0.3 is 0 Å². The average Bonchev–Trinajstić information content (AvgIpc) is 2.36. The van der Waals surface area contributed by atoms with Crippen LogP contribution in [0.1, 0.15) is 37.2 Å². The van der Waals surface area contributed by atoms with Gasteiger partial charge in [-0.25, -0.2) is 0 Å². The second-order valence-corrected chi connectivity index (χ2v) is 6.41. The van der Waals surface area contributed by atoms with Crippen LogP contribution in [-0.4, -0.2) is 25.3 Å². The second kappa shape index (κ2) is 5.72. The molecule has 98 valence electrons. The number of hydrogen-bond donors (Lipinski definition) is 1. The highest BCUT2D eigenvalue weighted by molar-refractivity contribution is 9.10. The van der Waals surface area contributed by atoms with Gasteiger partial charge in [0, 0.05) is 23.2 Å². The van der Waals surface area contributed by atoms with Crippen molar-refractivity contribution in [1.82, 2.24) is 5.32 Å². The molecule has 1 saturated carbocycles. The quantitative estimate of drug-likeness (QED) is 0.923. The number of halogens is 1. The maximum absolute atomic E-state index is 5.51. The van der Waals surface area contributed by atoms with Crippen molar-refractivity contribution in [2.45, 2.75) is 43.7 Å². The van der Waals surface area contributed by atoms with E-state index in [0.717, 1.165) is 19.1 Å². The first-order valence-corrected chi connectivity index (χ1v) is 7.70. The van der Waals surface area contributed by atoms with Crippen molar-refractivity contribution in [2.75, 3.05) is 13.2 Å². The standard InChI is InChI=1S/C15H20BrNO/c16-13-5-3-11(4-6-13)12-8-15(9-12)17-14-2-1-7-18-10-14/h3-6,12,14-15,17H,1-2,7-10H2. The lowest BCUT2D eigenvalue weighted by Crippen LogP contribution is -2.48. The molecule has 0 bridgehead atoms. The van der Waals surface area contributed by atoms with Crippen LogP contribution in [0.15, 0.2) is 28.7 Å². The SMILES string of the molecule is Brc1ccc(C2CC(NC3CCCOC3)C2)cc1. The van der Waals surface area contributed by atoms with Gasteiger partial charge in [0.05, 0.1) is 6.61 Å². The molecule has 1 heterocycles. The van der Waals surface area contributed by atoms with Crippen LogP contribution in [0.4, 0.5) is 0 Å². The summed E-state index contributed by atoms with van der Waals surface area (Å²) >= 11 is 3.49. The van der Waals surface area contributed by atoms with Crippen molar-refractivity contribution in [1.29, 1.82) is 0 Å². The molecule has 3 rings (SSSR count). The van der Waals surface area contributed by atoms with Gasteiger partial charge in [0.2, 0.25) is 0 Å². The topological polar surface area (TPSA) is 21.3 Å².